The maximum absolute atomic E-state index is 12.1. The third kappa shape index (κ3) is 4.79. The Kier molecular flexibility index (Phi) is 5.23. The van der Waals surface area contributed by atoms with E-state index in [1.807, 2.05) is 10.4 Å². The van der Waals surface area contributed by atoms with Crippen LogP contribution in [0.2, 0.25) is 0 Å². The number of carboxylic acids is 1. The lowest BCUT2D eigenvalue weighted by atomic mass is 10.1. The standard InChI is InChI=1S/C16H13F3N2O4S/c17-16(18,19)25-11-1-3-12(4-2-11)26-21-7-5-10(6-8-21)14-20-13(9-24-14)15(22)23/h1-5,9H,6-8H2,(H,22,23). The van der Waals surface area contributed by atoms with Gasteiger partial charge in [0.2, 0.25) is 5.89 Å². The normalized spacial score (nSPS) is 15.6. The molecule has 0 bridgehead atoms. The van der Waals surface area contributed by atoms with Gasteiger partial charge in [-0.15, -0.1) is 13.2 Å². The quantitative estimate of drug-likeness (QED) is 0.777. The van der Waals surface area contributed by atoms with Crippen LogP contribution in [0, 0.1) is 0 Å². The van der Waals surface area contributed by atoms with E-state index in [9.17, 15) is 18.0 Å². The number of carboxylic acid groups (broad SMARTS) is 1. The van der Waals surface area contributed by atoms with Crippen molar-refractivity contribution in [2.45, 2.75) is 17.7 Å². The van der Waals surface area contributed by atoms with Gasteiger partial charge in [-0.25, -0.2) is 14.1 Å². The lowest BCUT2D eigenvalue weighted by molar-refractivity contribution is -0.274. The second kappa shape index (κ2) is 7.42. The molecule has 1 aromatic heterocycles. The van der Waals surface area contributed by atoms with Crippen molar-refractivity contribution < 1.29 is 32.2 Å². The number of hydrogen-bond donors (Lipinski definition) is 1. The van der Waals surface area contributed by atoms with Gasteiger partial charge >= 0.3 is 12.3 Å². The molecule has 1 aliphatic heterocycles. The van der Waals surface area contributed by atoms with Gasteiger partial charge in [0.15, 0.2) is 5.69 Å². The molecule has 1 N–H and O–H groups in total. The summed E-state index contributed by atoms with van der Waals surface area (Å²) in [7, 11) is 0. The highest BCUT2D eigenvalue weighted by Crippen LogP contribution is 2.31. The van der Waals surface area contributed by atoms with E-state index in [1.54, 1.807) is 12.1 Å². The number of hydrogen-bond acceptors (Lipinski definition) is 6. The van der Waals surface area contributed by atoms with Gasteiger partial charge in [0.25, 0.3) is 0 Å². The zero-order valence-corrected chi connectivity index (χ0v) is 14.0. The van der Waals surface area contributed by atoms with Crippen LogP contribution < -0.4 is 4.74 Å². The smallest absolute Gasteiger partial charge is 0.476 e. The van der Waals surface area contributed by atoms with Gasteiger partial charge < -0.3 is 14.3 Å². The summed E-state index contributed by atoms with van der Waals surface area (Å²) in [6.45, 7) is 1.22. The fraction of sp³-hybridized carbons (Fsp3) is 0.250. The van der Waals surface area contributed by atoms with Gasteiger partial charge in [-0.3, -0.25) is 0 Å². The van der Waals surface area contributed by atoms with E-state index in [0.29, 0.717) is 25.4 Å². The van der Waals surface area contributed by atoms with Crippen LogP contribution in [-0.4, -0.2) is 39.8 Å². The summed E-state index contributed by atoms with van der Waals surface area (Å²) in [5.41, 5.74) is 0.683. The SMILES string of the molecule is O=C(O)c1coc(C2=CCN(Sc3ccc(OC(F)(F)F)cc3)CC2)n1. The van der Waals surface area contributed by atoms with Crippen molar-refractivity contribution in [3.8, 4) is 5.75 Å². The van der Waals surface area contributed by atoms with Crippen molar-refractivity contribution in [2.75, 3.05) is 13.1 Å². The summed E-state index contributed by atoms with van der Waals surface area (Å²) in [6, 6.07) is 5.64. The van der Waals surface area contributed by atoms with Crippen molar-refractivity contribution in [3.05, 3.63) is 48.2 Å². The van der Waals surface area contributed by atoms with E-state index in [4.69, 9.17) is 9.52 Å². The summed E-state index contributed by atoms with van der Waals surface area (Å²) < 4.78 is 47.5. The number of carbonyl (C=O) groups is 1. The van der Waals surface area contributed by atoms with Crippen molar-refractivity contribution in [1.82, 2.24) is 9.29 Å². The Balaban J connectivity index is 1.57. The molecule has 26 heavy (non-hydrogen) atoms. The molecule has 1 aromatic carbocycles. The topological polar surface area (TPSA) is 75.8 Å². The molecule has 0 aliphatic carbocycles. The van der Waals surface area contributed by atoms with E-state index >= 15 is 0 Å². The molecule has 0 saturated carbocycles. The minimum Gasteiger partial charge on any atom is -0.476 e. The first-order valence-corrected chi connectivity index (χ1v) is 8.24. The zero-order chi connectivity index (χ0) is 18.7. The third-order valence-corrected chi connectivity index (χ3v) is 4.53. The predicted octanol–water partition coefficient (Wildman–Crippen LogP) is 4.07. The number of alkyl halides is 3. The molecule has 138 valence electrons. The zero-order valence-electron chi connectivity index (χ0n) is 13.2. The Hall–Kier alpha value is -2.46. The summed E-state index contributed by atoms with van der Waals surface area (Å²) in [5.74, 6) is -1.12. The van der Waals surface area contributed by atoms with Crippen LogP contribution in [-0.2, 0) is 0 Å². The Labute approximate surface area is 150 Å². The van der Waals surface area contributed by atoms with Gasteiger partial charge in [0.05, 0.1) is 0 Å². The summed E-state index contributed by atoms with van der Waals surface area (Å²) in [6.07, 6.45) is -1.11. The highest BCUT2D eigenvalue weighted by atomic mass is 32.2. The van der Waals surface area contributed by atoms with E-state index in [2.05, 4.69) is 9.72 Å². The molecule has 2 heterocycles. The Bertz CT molecular complexity index is 818. The molecule has 1 aliphatic rings. The molecule has 6 nitrogen and oxygen atoms in total. The van der Waals surface area contributed by atoms with Crippen LogP contribution in [0.3, 0.4) is 0 Å². The maximum atomic E-state index is 12.1. The second-order valence-electron chi connectivity index (χ2n) is 5.32. The van der Waals surface area contributed by atoms with Crippen LogP contribution in [0.25, 0.3) is 5.57 Å². The molecule has 0 unspecified atom stereocenters. The van der Waals surface area contributed by atoms with Gasteiger partial charge in [-0.05, 0) is 42.6 Å². The molecule has 0 fully saturated rings. The van der Waals surface area contributed by atoms with Crippen molar-refractivity contribution in [1.29, 1.82) is 0 Å². The number of aromatic nitrogens is 1. The fourth-order valence-corrected chi connectivity index (χ4v) is 3.19. The molecular weight excluding hydrogens is 373 g/mol. The minimum absolute atomic E-state index is 0.140. The van der Waals surface area contributed by atoms with Crippen molar-refractivity contribution >= 4 is 23.5 Å². The molecule has 0 radical (unpaired) electrons. The molecule has 2 aromatic rings. The van der Waals surface area contributed by atoms with Crippen LogP contribution in [0.1, 0.15) is 22.8 Å². The molecule has 3 rings (SSSR count). The number of rotatable bonds is 5. The predicted molar refractivity (Wildman–Crippen MR) is 86.6 cm³/mol. The van der Waals surface area contributed by atoms with E-state index in [1.165, 1.54) is 24.1 Å². The maximum Gasteiger partial charge on any atom is 0.573 e. The average Bonchev–Trinajstić information content (AvgIpc) is 3.06. The number of oxazole rings is 1. The Morgan fingerprint density at radius 1 is 1.31 bits per heavy atom. The summed E-state index contributed by atoms with van der Waals surface area (Å²) in [5, 5.41) is 8.86. The molecule has 0 spiro atoms. The third-order valence-electron chi connectivity index (χ3n) is 3.46. The van der Waals surface area contributed by atoms with Crippen LogP contribution in [0.5, 0.6) is 5.75 Å². The monoisotopic (exact) mass is 386 g/mol. The number of halogens is 3. The number of aromatic carboxylic acids is 1. The van der Waals surface area contributed by atoms with Gasteiger partial charge in [0.1, 0.15) is 12.0 Å². The lowest BCUT2D eigenvalue weighted by Gasteiger charge is -2.24. The Morgan fingerprint density at radius 3 is 2.58 bits per heavy atom. The lowest BCUT2D eigenvalue weighted by Crippen LogP contribution is -2.21. The fourth-order valence-electron chi connectivity index (χ4n) is 2.30. The summed E-state index contributed by atoms with van der Waals surface area (Å²) in [4.78, 5) is 15.5. The molecular formula is C16H13F3N2O4S. The highest BCUT2D eigenvalue weighted by Gasteiger charge is 2.31. The van der Waals surface area contributed by atoms with Crippen molar-refractivity contribution in [3.63, 3.8) is 0 Å². The number of benzene rings is 1. The van der Waals surface area contributed by atoms with E-state index in [0.717, 1.165) is 16.7 Å². The molecule has 0 saturated heterocycles. The molecule has 10 heteroatoms. The van der Waals surface area contributed by atoms with E-state index < -0.39 is 12.3 Å². The summed E-state index contributed by atoms with van der Waals surface area (Å²) >= 11 is 1.41. The minimum atomic E-state index is -4.71. The first-order chi connectivity index (χ1) is 12.3. The molecule has 0 amide bonds. The molecule has 0 atom stereocenters. The van der Waals surface area contributed by atoms with E-state index in [-0.39, 0.29) is 11.4 Å². The number of nitrogens with zero attached hydrogens (tertiary/aromatic N) is 2. The average molecular weight is 386 g/mol. The van der Waals surface area contributed by atoms with Crippen LogP contribution >= 0.6 is 11.9 Å². The largest absolute Gasteiger partial charge is 0.573 e. The van der Waals surface area contributed by atoms with Crippen LogP contribution in [0.15, 0.2) is 45.9 Å². The van der Waals surface area contributed by atoms with Gasteiger partial charge in [0, 0.05) is 23.6 Å². The van der Waals surface area contributed by atoms with Crippen LogP contribution in [0.4, 0.5) is 13.2 Å². The van der Waals surface area contributed by atoms with Crippen molar-refractivity contribution in [2.24, 2.45) is 0 Å². The second-order valence-corrected chi connectivity index (χ2v) is 6.49. The highest BCUT2D eigenvalue weighted by molar-refractivity contribution is 7.97. The number of ether oxygens (including phenoxy) is 1. The van der Waals surface area contributed by atoms with Gasteiger partial charge in [-0.2, -0.15) is 0 Å². The first-order valence-electron chi connectivity index (χ1n) is 7.47. The van der Waals surface area contributed by atoms with Gasteiger partial charge in [-0.1, -0.05) is 6.08 Å². The Morgan fingerprint density at radius 2 is 2.04 bits per heavy atom. The first kappa shape index (κ1) is 18.3.